The second-order valence-corrected chi connectivity index (χ2v) is 6.61. The summed E-state index contributed by atoms with van der Waals surface area (Å²) in [5.41, 5.74) is -0.944. The summed E-state index contributed by atoms with van der Waals surface area (Å²) in [5, 5.41) is 19.1. The maximum atomic E-state index is 13.1. The molecule has 1 rings (SSSR count). The highest BCUT2D eigenvalue weighted by atomic mass is 16.7. The van der Waals surface area contributed by atoms with E-state index >= 15 is 0 Å². The lowest BCUT2D eigenvalue weighted by molar-refractivity contribution is -0.174. The van der Waals surface area contributed by atoms with Gasteiger partial charge in [-0.3, -0.25) is 0 Å². The molecule has 2 N–H and O–H groups in total. The molecule has 5 nitrogen and oxygen atoms in total. The smallest absolute Gasteiger partial charge is 0.463 e. The van der Waals surface area contributed by atoms with Gasteiger partial charge in [0.25, 0.3) is 0 Å². The Kier molecular flexibility index (Phi) is 10.6. The summed E-state index contributed by atoms with van der Waals surface area (Å²) in [6.45, 7) is 6.37. The lowest BCUT2D eigenvalue weighted by atomic mass is 9.77. The molecule has 0 aliphatic rings. The van der Waals surface area contributed by atoms with Crippen molar-refractivity contribution < 1.29 is 24.2 Å². The van der Waals surface area contributed by atoms with Crippen molar-refractivity contribution in [3.05, 3.63) is 35.9 Å². The number of carbonyl (C=O) groups is 1. The predicted molar refractivity (Wildman–Crippen MR) is 103 cm³/mol. The Morgan fingerprint density at radius 3 is 2.19 bits per heavy atom. The molecular weight excluding hydrogens is 331 g/mol. The van der Waals surface area contributed by atoms with Crippen molar-refractivity contribution in [1.29, 1.82) is 0 Å². The molecule has 0 spiro atoms. The van der Waals surface area contributed by atoms with Crippen LogP contribution in [0.25, 0.3) is 0 Å². The van der Waals surface area contributed by atoms with Gasteiger partial charge in [0.2, 0.25) is 0 Å². The van der Waals surface area contributed by atoms with E-state index in [1.54, 1.807) is 24.3 Å². The standard InChI is InChI=1S/C20H33BO5/c1-4-7-8-9-13-16-25-19(22)20(26-21(23)24,17(5-2)6-3)18-14-11-10-12-15-18/h10-12,14-15,17,23-24H,4-9,13,16H2,1-3H3. The zero-order valence-corrected chi connectivity index (χ0v) is 16.3. The van der Waals surface area contributed by atoms with E-state index in [0.717, 1.165) is 25.7 Å². The highest BCUT2D eigenvalue weighted by Crippen LogP contribution is 2.39. The molecule has 0 saturated heterocycles. The van der Waals surface area contributed by atoms with E-state index in [4.69, 9.17) is 9.39 Å². The molecule has 0 fully saturated rings. The summed E-state index contributed by atoms with van der Waals surface area (Å²) < 4.78 is 11.0. The van der Waals surface area contributed by atoms with Crippen LogP contribution in [0.15, 0.2) is 30.3 Å². The quantitative estimate of drug-likeness (QED) is 0.316. The van der Waals surface area contributed by atoms with Gasteiger partial charge in [0, 0.05) is 5.92 Å². The zero-order valence-electron chi connectivity index (χ0n) is 16.3. The molecule has 0 aromatic heterocycles. The zero-order chi connectivity index (χ0) is 19.4. The maximum absolute atomic E-state index is 13.1. The molecule has 0 saturated carbocycles. The Morgan fingerprint density at radius 1 is 1.04 bits per heavy atom. The van der Waals surface area contributed by atoms with Crippen LogP contribution in [0.2, 0.25) is 0 Å². The third kappa shape index (κ3) is 6.11. The minimum Gasteiger partial charge on any atom is -0.463 e. The minimum absolute atomic E-state index is 0.237. The number of hydrogen-bond donors (Lipinski definition) is 2. The molecule has 1 aromatic carbocycles. The fourth-order valence-electron chi connectivity index (χ4n) is 3.43. The summed E-state index contributed by atoms with van der Waals surface area (Å²) in [6.07, 6.45) is 6.54. The van der Waals surface area contributed by atoms with Gasteiger partial charge in [-0.05, 0) is 24.8 Å². The number of carbonyl (C=O) groups excluding carboxylic acids is 1. The first-order valence-corrected chi connectivity index (χ1v) is 9.79. The van der Waals surface area contributed by atoms with E-state index in [0.29, 0.717) is 25.0 Å². The van der Waals surface area contributed by atoms with Gasteiger partial charge in [0.05, 0.1) is 6.61 Å². The summed E-state index contributed by atoms with van der Waals surface area (Å²) >= 11 is 0. The second kappa shape index (κ2) is 12.1. The predicted octanol–water partition coefficient (Wildman–Crippen LogP) is 3.82. The average Bonchev–Trinajstić information content (AvgIpc) is 2.64. The number of ether oxygens (including phenoxy) is 1. The van der Waals surface area contributed by atoms with Crippen molar-refractivity contribution in [2.75, 3.05) is 6.61 Å². The lowest BCUT2D eigenvalue weighted by Gasteiger charge is -2.38. The number of rotatable bonds is 13. The van der Waals surface area contributed by atoms with Crippen LogP contribution < -0.4 is 0 Å². The van der Waals surface area contributed by atoms with Crippen molar-refractivity contribution >= 4 is 13.3 Å². The Labute approximate surface area is 157 Å². The second-order valence-electron chi connectivity index (χ2n) is 6.61. The van der Waals surface area contributed by atoms with Crippen molar-refractivity contribution in [1.82, 2.24) is 0 Å². The van der Waals surface area contributed by atoms with Gasteiger partial charge in [-0.2, -0.15) is 0 Å². The van der Waals surface area contributed by atoms with Crippen LogP contribution in [0.5, 0.6) is 0 Å². The first-order valence-electron chi connectivity index (χ1n) is 9.79. The third-order valence-electron chi connectivity index (χ3n) is 4.84. The number of unbranched alkanes of at least 4 members (excludes halogenated alkanes) is 4. The topological polar surface area (TPSA) is 76.0 Å². The molecule has 6 heteroatoms. The van der Waals surface area contributed by atoms with Gasteiger partial charge in [-0.25, -0.2) is 4.79 Å². The molecule has 0 radical (unpaired) electrons. The molecule has 0 bridgehead atoms. The van der Waals surface area contributed by atoms with Gasteiger partial charge in [0.1, 0.15) is 0 Å². The van der Waals surface area contributed by atoms with Gasteiger partial charge < -0.3 is 19.4 Å². The van der Waals surface area contributed by atoms with Gasteiger partial charge in [0.15, 0.2) is 5.60 Å². The summed E-state index contributed by atoms with van der Waals surface area (Å²) in [4.78, 5) is 13.1. The fraction of sp³-hybridized carbons (Fsp3) is 0.650. The van der Waals surface area contributed by atoms with Crippen LogP contribution in [0, 0.1) is 5.92 Å². The summed E-state index contributed by atoms with van der Waals surface area (Å²) in [7, 11) is -2.06. The van der Waals surface area contributed by atoms with E-state index in [1.807, 2.05) is 19.9 Å². The monoisotopic (exact) mass is 364 g/mol. The molecule has 1 atom stereocenters. The van der Waals surface area contributed by atoms with Crippen LogP contribution in [0.1, 0.15) is 71.3 Å². The Bertz CT molecular complexity index is 504. The molecule has 1 unspecified atom stereocenters. The van der Waals surface area contributed by atoms with Gasteiger partial charge in [-0.15, -0.1) is 0 Å². The van der Waals surface area contributed by atoms with Crippen molar-refractivity contribution in [2.45, 2.75) is 71.3 Å². The van der Waals surface area contributed by atoms with E-state index in [9.17, 15) is 14.8 Å². The van der Waals surface area contributed by atoms with E-state index in [1.165, 1.54) is 6.42 Å². The van der Waals surface area contributed by atoms with Crippen LogP contribution in [-0.4, -0.2) is 29.9 Å². The molecular formula is C20H33BO5. The molecule has 0 aliphatic heterocycles. The summed E-state index contributed by atoms with van der Waals surface area (Å²) in [5.74, 6) is -0.791. The third-order valence-corrected chi connectivity index (χ3v) is 4.84. The summed E-state index contributed by atoms with van der Waals surface area (Å²) in [6, 6.07) is 8.98. The number of hydrogen-bond acceptors (Lipinski definition) is 5. The van der Waals surface area contributed by atoms with Crippen LogP contribution in [0.4, 0.5) is 0 Å². The van der Waals surface area contributed by atoms with Crippen molar-refractivity contribution in [3.63, 3.8) is 0 Å². The fourth-order valence-corrected chi connectivity index (χ4v) is 3.43. The minimum atomic E-state index is -2.06. The Hall–Kier alpha value is -1.37. The largest absolute Gasteiger partial charge is 0.635 e. The molecule has 0 amide bonds. The normalized spacial score (nSPS) is 13.5. The van der Waals surface area contributed by atoms with E-state index in [2.05, 4.69) is 6.92 Å². The average molecular weight is 364 g/mol. The Balaban J connectivity index is 3.03. The first kappa shape index (κ1) is 22.7. The molecule has 26 heavy (non-hydrogen) atoms. The van der Waals surface area contributed by atoms with Crippen LogP contribution in [0.3, 0.4) is 0 Å². The SMILES string of the molecule is CCCCCCCOC(=O)C(OB(O)O)(c1ccccc1)C(CC)CC. The lowest BCUT2D eigenvalue weighted by Crippen LogP contribution is -2.50. The maximum Gasteiger partial charge on any atom is 0.635 e. The number of esters is 1. The van der Waals surface area contributed by atoms with Gasteiger partial charge in [-0.1, -0.05) is 76.8 Å². The molecule has 1 aromatic rings. The van der Waals surface area contributed by atoms with Crippen LogP contribution in [-0.2, 0) is 19.8 Å². The highest BCUT2D eigenvalue weighted by Gasteiger charge is 2.50. The van der Waals surface area contributed by atoms with E-state index in [-0.39, 0.29) is 5.92 Å². The Morgan fingerprint density at radius 2 is 1.65 bits per heavy atom. The first-order chi connectivity index (χ1) is 12.5. The molecule has 0 aliphatic carbocycles. The van der Waals surface area contributed by atoms with E-state index < -0.39 is 18.9 Å². The molecule has 0 heterocycles. The van der Waals surface area contributed by atoms with Crippen molar-refractivity contribution in [2.24, 2.45) is 5.92 Å². The van der Waals surface area contributed by atoms with Crippen molar-refractivity contribution in [3.8, 4) is 0 Å². The molecule has 146 valence electrons. The number of benzene rings is 1. The highest BCUT2D eigenvalue weighted by molar-refractivity contribution is 6.33. The van der Waals surface area contributed by atoms with Gasteiger partial charge >= 0.3 is 13.3 Å². The van der Waals surface area contributed by atoms with Crippen LogP contribution >= 0.6 is 0 Å².